The molecule has 0 saturated heterocycles. The molecule has 0 atom stereocenters. The summed E-state index contributed by atoms with van der Waals surface area (Å²) < 4.78 is 20.8. The van der Waals surface area contributed by atoms with E-state index in [0.717, 1.165) is 17.3 Å². The van der Waals surface area contributed by atoms with Crippen molar-refractivity contribution in [2.24, 2.45) is 0 Å². The van der Waals surface area contributed by atoms with Crippen molar-refractivity contribution in [3.05, 3.63) is 59.7 Å². The molecule has 2 amide bonds. The zero-order valence-electron chi connectivity index (χ0n) is 19.1. The number of carbonyl (C=O) groups is 2. The smallest absolute Gasteiger partial charge is 0.412 e. The second-order valence-corrected chi connectivity index (χ2v) is 9.35. The van der Waals surface area contributed by atoms with Crippen molar-refractivity contribution < 1.29 is 18.7 Å². The number of nitrogens with one attached hydrogen (secondary N) is 2. The van der Waals surface area contributed by atoms with Crippen molar-refractivity contribution in [3.63, 3.8) is 0 Å². The van der Waals surface area contributed by atoms with Crippen LogP contribution in [0.3, 0.4) is 0 Å². The van der Waals surface area contributed by atoms with Crippen molar-refractivity contribution in [3.8, 4) is 5.69 Å². The minimum Gasteiger partial charge on any atom is -0.444 e. The van der Waals surface area contributed by atoms with Crippen molar-refractivity contribution in [2.75, 3.05) is 16.4 Å². The number of nitrogens with zero attached hydrogens (tertiary/aromatic N) is 3. The first-order valence-corrected chi connectivity index (χ1v) is 11.2. The van der Waals surface area contributed by atoms with Gasteiger partial charge in [0.1, 0.15) is 17.7 Å². The first kappa shape index (κ1) is 24.2. The lowest BCUT2D eigenvalue weighted by molar-refractivity contribution is -0.113. The number of benzene rings is 2. The number of rotatable bonds is 6. The largest absolute Gasteiger partial charge is 0.444 e. The molecule has 3 aromatic rings. The highest BCUT2D eigenvalue weighted by Gasteiger charge is 2.18. The van der Waals surface area contributed by atoms with E-state index in [1.165, 1.54) is 29.5 Å². The first-order valence-electron chi connectivity index (χ1n) is 10.2. The SMILES string of the molecule is Cc1ccc(-n2cnnc2SCC(=O)Nc2cc(F)ccc2NC(=O)OC(C)(C)C)cc1C. The molecule has 174 valence electrons. The molecular weight excluding hydrogens is 445 g/mol. The summed E-state index contributed by atoms with van der Waals surface area (Å²) in [7, 11) is 0. The highest BCUT2D eigenvalue weighted by atomic mass is 32.2. The van der Waals surface area contributed by atoms with Gasteiger partial charge >= 0.3 is 6.09 Å². The van der Waals surface area contributed by atoms with Gasteiger partial charge in [-0.2, -0.15) is 0 Å². The summed E-state index contributed by atoms with van der Waals surface area (Å²) in [6.07, 6.45) is 0.875. The third kappa shape index (κ3) is 6.79. The Balaban J connectivity index is 1.68. The number of ether oxygens (including phenoxy) is 1. The topological polar surface area (TPSA) is 98.1 Å². The minimum absolute atomic E-state index is 0.00588. The predicted octanol–water partition coefficient (Wildman–Crippen LogP) is 5.10. The average molecular weight is 472 g/mol. The van der Waals surface area contributed by atoms with E-state index in [1.54, 1.807) is 31.7 Å². The minimum atomic E-state index is -0.708. The summed E-state index contributed by atoms with van der Waals surface area (Å²) in [6, 6.07) is 9.66. The number of carbonyl (C=O) groups excluding carboxylic acids is 2. The van der Waals surface area contributed by atoms with Crippen LogP contribution in [-0.2, 0) is 9.53 Å². The zero-order chi connectivity index (χ0) is 24.2. The van der Waals surface area contributed by atoms with Crippen LogP contribution in [-0.4, -0.2) is 38.1 Å². The number of halogens is 1. The zero-order valence-corrected chi connectivity index (χ0v) is 19.9. The molecule has 0 fully saturated rings. The molecule has 0 radical (unpaired) electrons. The van der Waals surface area contributed by atoms with Gasteiger partial charge in [0.25, 0.3) is 0 Å². The van der Waals surface area contributed by atoms with E-state index in [9.17, 15) is 14.0 Å². The Morgan fingerprint density at radius 1 is 1.06 bits per heavy atom. The highest BCUT2D eigenvalue weighted by molar-refractivity contribution is 7.99. The number of aryl methyl sites for hydroxylation is 2. The lowest BCUT2D eigenvalue weighted by atomic mass is 10.1. The van der Waals surface area contributed by atoms with Gasteiger partial charge in [0.15, 0.2) is 5.16 Å². The number of thioether (sulfide) groups is 1. The van der Waals surface area contributed by atoms with Gasteiger partial charge in [-0.25, -0.2) is 9.18 Å². The van der Waals surface area contributed by atoms with Crippen molar-refractivity contribution >= 4 is 35.1 Å². The molecule has 0 saturated carbocycles. The van der Waals surface area contributed by atoms with E-state index in [0.29, 0.717) is 5.16 Å². The Kier molecular flexibility index (Phi) is 7.37. The standard InChI is InChI=1S/C23H26FN5O3S/c1-14-6-8-17(10-15(14)2)29-13-25-28-21(29)33-12-20(30)26-19-11-16(24)7-9-18(19)27-22(31)32-23(3,4)5/h6-11,13H,12H2,1-5H3,(H,26,30)(H,27,31). The van der Waals surface area contributed by atoms with Gasteiger partial charge in [0, 0.05) is 5.69 Å². The van der Waals surface area contributed by atoms with E-state index in [-0.39, 0.29) is 17.1 Å². The number of aromatic nitrogens is 3. The van der Waals surface area contributed by atoms with Gasteiger partial charge in [0.2, 0.25) is 5.91 Å². The van der Waals surface area contributed by atoms with E-state index in [1.807, 2.05) is 32.0 Å². The van der Waals surface area contributed by atoms with E-state index >= 15 is 0 Å². The third-order valence-electron chi connectivity index (χ3n) is 4.51. The number of hydrogen-bond acceptors (Lipinski definition) is 6. The highest BCUT2D eigenvalue weighted by Crippen LogP contribution is 2.25. The Morgan fingerprint density at radius 2 is 1.82 bits per heavy atom. The molecule has 1 aromatic heterocycles. The van der Waals surface area contributed by atoms with Crippen LogP contribution < -0.4 is 10.6 Å². The Labute approximate surface area is 195 Å². The summed E-state index contributed by atoms with van der Waals surface area (Å²) in [5, 5.41) is 13.7. The first-order chi connectivity index (χ1) is 15.5. The monoisotopic (exact) mass is 471 g/mol. The van der Waals surface area contributed by atoms with E-state index in [4.69, 9.17) is 4.74 Å². The summed E-state index contributed by atoms with van der Waals surface area (Å²) >= 11 is 1.19. The number of hydrogen-bond donors (Lipinski definition) is 2. The fourth-order valence-corrected chi connectivity index (χ4v) is 3.56. The number of amides is 2. The molecule has 0 aliphatic rings. The average Bonchev–Trinajstić information content (AvgIpc) is 3.18. The number of anilines is 2. The molecule has 10 heteroatoms. The molecule has 3 rings (SSSR count). The maximum Gasteiger partial charge on any atom is 0.412 e. The molecule has 0 aliphatic heterocycles. The lowest BCUT2D eigenvalue weighted by Crippen LogP contribution is -2.27. The Hall–Kier alpha value is -3.40. The van der Waals surface area contributed by atoms with Gasteiger partial charge < -0.3 is 10.1 Å². The molecule has 2 N–H and O–H groups in total. The van der Waals surface area contributed by atoms with Crippen LogP contribution in [0.25, 0.3) is 5.69 Å². The molecule has 2 aromatic carbocycles. The maximum absolute atomic E-state index is 13.8. The van der Waals surface area contributed by atoms with Crippen molar-refractivity contribution in [2.45, 2.75) is 45.4 Å². The normalized spacial score (nSPS) is 11.2. The summed E-state index contributed by atoms with van der Waals surface area (Å²) in [6.45, 7) is 9.24. The summed E-state index contributed by atoms with van der Waals surface area (Å²) in [5.74, 6) is -0.944. The van der Waals surface area contributed by atoms with E-state index < -0.39 is 23.4 Å². The van der Waals surface area contributed by atoms with Gasteiger partial charge in [-0.15, -0.1) is 10.2 Å². The predicted molar refractivity (Wildman–Crippen MR) is 126 cm³/mol. The van der Waals surface area contributed by atoms with Crippen LogP contribution in [0.15, 0.2) is 47.9 Å². The molecule has 0 unspecified atom stereocenters. The molecule has 1 heterocycles. The fourth-order valence-electron chi connectivity index (χ4n) is 2.83. The third-order valence-corrected chi connectivity index (χ3v) is 5.45. The molecule has 0 spiro atoms. The van der Waals surface area contributed by atoms with Crippen LogP contribution in [0.2, 0.25) is 0 Å². The second kappa shape index (κ2) is 10.0. The lowest BCUT2D eigenvalue weighted by Gasteiger charge is -2.20. The van der Waals surface area contributed by atoms with Crippen LogP contribution >= 0.6 is 11.8 Å². The molecule has 33 heavy (non-hydrogen) atoms. The van der Waals surface area contributed by atoms with Gasteiger partial charge in [0.05, 0.1) is 17.1 Å². The van der Waals surface area contributed by atoms with Crippen LogP contribution in [0.4, 0.5) is 20.6 Å². The van der Waals surface area contributed by atoms with Crippen LogP contribution in [0.5, 0.6) is 0 Å². The van der Waals surface area contributed by atoms with Crippen LogP contribution in [0.1, 0.15) is 31.9 Å². The van der Waals surface area contributed by atoms with Gasteiger partial charge in [-0.3, -0.25) is 14.7 Å². The molecule has 0 aliphatic carbocycles. The van der Waals surface area contributed by atoms with Crippen molar-refractivity contribution in [1.29, 1.82) is 0 Å². The molecular formula is C23H26FN5O3S. The Bertz CT molecular complexity index is 1170. The fraction of sp³-hybridized carbons (Fsp3) is 0.304. The Morgan fingerprint density at radius 3 is 2.52 bits per heavy atom. The van der Waals surface area contributed by atoms with Gasteiger partial charge in [-0.1, -0.05) is 17.8 Å². The quantitative estimate of drug-likeness (QED) is 0.486. The molecule has 0 bridgehead atoms. The summed E-state index contributed by atoms with van der Waals surface area (Å²) in [4.78, 5) is 24.7. The summed E-state index contributed by atoms with van der Waals surface area (Å²) in [5.41, 5.74) is 2.84. The van der Waals surface area contributed by atoms with Gasteiger partial charge in [-0.05, 0) is 76.1 Å². The second-order valence-electron chi connectivity index (χ2n) is 8.41. The van der Waals surface area contributed by atoms with E-state index in [2.05, 4.69) is 20.8 Å². The van der Waals surface area contributed by atoms with Crippen LogP contribution in [0, 0.1) is 19.7 Å². The molecule has 8 nitrogen and oxygen atoms in total. The maximum atomic E-state index is 13.8. The van der Waals surface area contributed by atoms with Crippen molar-refractivity contribution in [1.82, 2.24) is 14.8 Å².